The Morgan fingerprint density at radius 3 is 1.97 bits per heavy atom. The van der Waals surface area contributed by atoms with Crippen molar-refractivity contribution in [2.75, 3.05) is 13.7 Å². The summed E-state index contributed by atoms with van der Waals surface area (Å²) in [6.45, 7) is 8.35. The van der Waals surface area contributed by atoms with Crippen LogP contribution in [0.4, 0.5) is 0 Å². The summed E-state index contributed by atoms with van der Waals surface area (Å²) in [5.74, 6) is -1.98. The van der Waals surface area contributed by atoms with Crippen LogP contribution in [0.25, 0.3) is 0 Å². The van der Waals surface area contributed by atoms with Crippen LogP contribution >= 0.6 is 0 Å². The van der Waals surface area contributed by atoms with Crippen LogP contribution in [0.5, 0.6) is 11.5 Å². The Hall–Kier alpha value is -2.94. The molecule has 1 aromatic rings. The van der Waals surface area contributed by atoms with Gasteiger partial charge in [0.25, 0.3) is 0 Å². The van der Waals surface area contributed by atoms with E-state index in [1.54, 1.807) is 40.7 Å². The molecule has 0 heterocycles. The van der Waals surface area contributed by atoms with Crippen molar-refractivity contribution < 1.29 is 38.1 Å². The second-order valence-electron chi connectivity index (χ2n) is 8.40. The van der Waals surface area contributed by atoms with Gasteiger partial charge in [0, 0.05) is 25.7 Å². The molecule has 2 N–H and O–H groups in total. The lowest BCUT2D eigenvalue weighted by Crippen LogP contribution is -2.51. The summed E-state index contributed by atoms with van der Waals surface area (Å²) in [6, 6.07) is 4.56. The molecule has 1 rings (SSSR count). The van der Waals surface area contributed by atoms with E-state index in [-0.39, 0.29) is 43.8 Å². The number of hydrogen-bond acceptors (Lipinski definition) is 9. The van der Waals surface area contributed by atoms with Crippen LogP contribution in [0.15, 0.2) is 18.2 Å². The minimum atomic E-state index is -1.50. The lowest BCUT2D eigenvalue weighted by molar-refractivity contribution is -0.156. The van der Waals surface area contributed by atoms with E-state index >= 15 is 0 Å². The Kier molecular flexibility index (Phi) is 9.83. The van der Waals surface area contributed by atoms with Gasteiger partial charge in [-0.05, 0) is 38.5 Å². The highest BCUT2D eigenvalue weighted by molar-refractivity contribution is 5.81. The summed E-state index contributed by atoms with van der Waals surface area (Å²) in [5, 5.41) is 0. The van der Waals surface area contributed by atoms with Crippen LogP contribution < -0.4 is 15.2 Å². The third kappa shape index (κ3) is 7.96. The van der Waals surface area contributed by atoms with Gasteiger partial charge in [-0.1, -0.05) is 19.9 Å². The first-order valence-corrected chi connectivity index (χ1v) is 10.4. The van der Waals surface area contributed by atoms with Crippen molar-refractivity contribution in [2.24, 2.45) is 11.1 Å². The molecule has 1 atom stereocenters. The molecule has 0 aliphatic rings. The molecule has 0 aliphatic carbocycles. The Labute approximate surface area is 188 Å². The normalized spacial score (nSPS) is 13.0. The van der Waals surface area contributed by atoms with Crippen LogP contribution in [0.3, 0.4) is 0 Å². The van der Waals surface area contributed by atoms with E-state index in [4.69, 9.17) is 24.7 Å². The Bertz CT molecular complexity index is 843. The number of nitrogens with two attached hydrogens (primary N) is 1. The second-order valence-corrected chi connectivity index (χ2v) is 8.40. The third-order valence-electron chi connectivity index (χ3n) is 4.54. The molecule has 178 valence electrons. The molecule has 9 nitrogen and oxygen atoms in total. The van der Waals surface area contributed by atoms with E-state index in [9.17, 15) is 19.2 Å². The summed E-state index contributed by atoms with van der Waals surface area (Å²) in [4.78, 5) is 47.9. The van der Waals surface area contributed by atoms with Gasteiger partial charge in [-0.25, -0.2) is 0 Å². The zero-order chi connectivity index (χ0) is 24.5. The van der Waals surface area contributed by atoms with E-state index in [0.717, 1.165) is 0 Å². The fraction of sp³-hybridized carbons (Fsp3) is 0.565. The van der Waals surface area contributed by atoms with Crippen LogP contribution in [0.1, 0.15) is 59.4 Å². The molecule has 0 spiro atoms. The minimum Gasteiger partial charge on any atom is -0.468 e. The van der Waals surface area contributed by atoms with E-state index < -0.39 is 34.8 Å². The van der Waals surface area contributed by atoms with Crippen molar-refractivity contribution >= 4 is 23.9 Å². The van der Waals surface area contributed by atoms with Crippen LogP contribution in [-0.4, -0.2) is 43.1 Å². The van der Waals surface area contributed by atoms with Crippen molar-refractivity contribution in [1.29, 1.82) is 0 Å². The average molecular weight is 452 g/mol. The zero-order valence-electron chi connectivity index (χ0n) is 19.6. The number of benzene rings is 1. The van der Waals surface area contributed by atoms with Crippen molar-refractivity contribution in [2.45, 2.75) is 65.8 Å². The van der Waals surface area contributed by atoms with Crippen molar-refractivity contribution in [3.63, 3.8) is 0 Å². The monoisotopic (exact) mass is 451 g/mol. The molecule has 32 heavy (non-hydrogen) atoms. The molecule has 0 amide bonds. The lowest BCUT2D eigenvalue weighted by atomic mass is 9.88. The topological polar surface area (TPSA) is 131 Å². The SMILES string of the molecule is CCC(=O)Oc1ccc(C[C@](N)(CCOC(=O)C(C)(C)C)C(=O)OC)cc1OC(=O)CC. The number of carbonyl (C=O) groups is 4. The minimum absolute atomic E-state index is 0.00538. The molecule has 0 bridgehead atoms. The quantitative estimate of drug-likeness (QED) is 0.421. The second kappa shape index (κ2) is 11.6. The summed E-state index contributed by atoms with van der Waals surface area (Å²) in [7, 11) is 1.22. The van der Waals surface area contributed by atoms with Gasteiger partial charge in [0.05, 0.1) is 19.1 Å². The summed E-state index contributed by atoms with van der Waals surface area (Å²) < 4.78 is 20.6. The standard InChI is InChI=1S/C23H33NO8/c1-7-18(25)31-16-10-9-15(13-17(16)32-19(26)8-2)14-23(24,21(28)29-6)11-12-30-20(27)22(3,4)5/h9-10,13H,7-8,11-12,14,24H2,1-6H3/t23-/m1/s1. The van der Waals surface area contributed by atoms with Crippen LogP contribution in [-0.2, 0) is 35.1 Å². The predicted octanol–water partition coefficient (Wildman–Crippen LogP) is 2.71. The molecule has 0 aliphatic heterocycles. The molecule has 1 aromatic carbocycles. The van der Waals surface area contributed by atoms with Crippen molar-refractivity contribution in [3.05, 3.63) is 23.8 Å². The molecule has 9 heteroatoms. The Balaban J connectivity index is 3.13. The Morgan fingerprint density at radius 2 is 1.47 bits per heavy atom. The molecule has 0 unspecified atom stereocenters. The van der Waals surface area contributed by atoms with E-state index in [1.165, 1.54) is 19.2 Å². The van der Waals surface area contributed by atoms with Crippen molar-refractivity contribution in [3.8, 4) is 11.5 Å². The summed E-state index contributed by atoms with van der Waals surface area (Å²) in [5.41, 5.74) is 4.69. The number of carbonyl (C=O) groups excluding carboxylic acids is 4. The number of hydrogen-bond donors (Lipinski definition) is 1. The first-order chi connectivity index (χ1) is 14.9. The first-order valence-electron chi connectivity index (χ1n) is 10.4. The highest BCUT2D eigenvalue weighted by Gasteiger charge is 2.36. The maximum absolute atomic E-state index is 12.4. The molecule has 0 saturated heterocycles. The molecule has 0 fully saturated rings. The number of ether oxygens (including phenoxy) is 4. The number of rotatable bonds is 10. The fourth-order valence-electron chi connectivity index (χ4n) is 2.59. The largest absolute Gasteiger partial charge is 0.468 e. The van der Waals surface area contributed by atoms with Crippen LogP contribution in [0, 0.1) is 5.41 Å². The summed E-state index contributed by atoms with van der Waals surface area (Å²) in [6.07, 6.45) is 0.279. The van der Waals surface area contributed by atoms with Gasteiger partial charge in [0.15, 0.2) is 11.5 Å². The zero-order valence-corrected chi connectivity index (χ0v) is 19.6. The molecule has 0 saturated carbocycles. The predicted molar refractivity (Wildman–Crippen MR) is 116 cm³/mol. The number of esters is 4. The van der Waals surface area contributed by atoms with E-state index in [0.29, 0.717) is 5.56 Å². The third-order valence-corrected chi connectivity index (χ3v) is 4.54. The van der Waals surface area contributed by atoms with E-state index in [1.807, 2.05) is 0 Å². The maximum atomic E-state index is 12.4. The molecule has 0 aromatic heterocycles. The molecule has 0 radical (unpaired) electrons. The van der Waals surface area contributed by atoms with Gasteiger partial charge in [0.2, 0.25) is 0 Å². The van der Waals surface area contributed by atoms with E-state index in [2.05, 4.69) is 0 Å². The van der Waals surface area contributed by atoms with Gasteiger partial charge in [0.1, 0.15) is 5.54 Å². The maximum Gasteiger partial charge on any atom is 0.326 e. The van der Waals surface area contributed by atoms with Gasteiger partial charge < -0.3 is 24.7 Å². The summed E-state index contributed by atoms with van der Waals surface area (Å²) >= 11 is 0. The highest BCUT2D eigenvalue weighted by Crippen LogP contribution is 2.31. The van der Waals surface area contributed by atoms with Gasteiger partial charge >= 0.3 is 23.9 Å². The van der Waals surface area contributed by atoms with Gasteiger partial charge in [-0.3, -0.25) is 19.2 Å². The van der Waals surface area contributed by atoms with Crippen LogP contribution in [0.2, 0.25) is 0 Å². The van der Waals surface area contributed by atoms with Gasteiger partial charge in [-0.15, -0.1) is 0 Å². The highest BCUT2D eigenvalue weighted by atomic mass is 16.6. The average Bonchev–Trinajstić information content (AvgIpc) is 2.73. The van der Waals surface area contributed by atoms with Gasteiger partial charge in [-0.2, -0.15) is 0 Å². The van der Waals surface area contributed by atoms with Crippen molar-refractivity contribution in [1.82, 2.24) is 0 Å². The number of methoxy groups -OCH3 is 1. The first kappa shape index (κ1) is 27.1. The Morgan fingerprint density at radius 1 is 0.906 bits per heavy atom. The lowest BCUT2D eigenvalue weighted by Gasteiger charge is -2.27. The molecular formula is C23H33NO8. The smallest absolute Gasteiger partial charge is 0.326 e. The molecular weight excluding hydrogens is 418 g/mol. The fourth-order valence-corrected chi connectivity index (χ4v) is 2.59.